The van der Waals surface area contributed by atoms with E-state index in [9.17, 15) is 4.79 Å². The van der Waals surface area contributed by atoms with E-state index in [-0.39, 0.29) is 12.6 Å². The predicted molar refractivity (Wildman–Crippen MR) is 34.2 cm³/mol. The molecule has 0 saturated carbocycles. The molecule has 4 heteroatoms. The van der Waals surface area contributed by atoms with Gasteiger partial charge in [0.2, 0.25) is 0 Å². The molecule has 0 bridgehead atoms. The normalized spacial score (nSPS) is 8.67. The minimum absolute atomic E-state index is 0.115. The van der Waals surface area contributed by atoms with Gasteiger partial charge in [0.05, 0.1) is 0 Å². The van der Waals surface area contributed by atoms with E-state index in [1.165, 1.54) is 0 Å². The van der Waals surface area contributed by atoms with Crippen molar-refractivity contribution in [2.45, 2.75) is 6.42 Å². The maximum Gasteiger partial charge on any atom is 0.314 e. The first-order chi connectivity index (χ1) is 4.31. The number of aliphatic hydroxyl groups is 1. The third-order valence-corrected chi connectivity index (χ3v) is 0.848. The van der Waals surface area contributed by atoms with Gasteiger partial charge in [-0.25, -0.2) is 4.79 Å². The van der Waals surface area contributed by atoms with Crippen molar-refractivity contribution >= 4 is 6.03 Å². The second-order valence-corrected chi connectivity index (χ2v) is 1.58. The lowest BCUT2D eigenvalue weighted by Gasteiger charge is -2.00. The lowest BCUT2D eigenvalue weighted by atomic mass is 10.4. The number of rotatable bonds is 3. The largest absolute Gasteiger partial charge is 0.396 e. The summed E-state index contributed by atoms with van der Waals surface area (Å²) in [4.78, 5) is 10.4. The van der Waals surface area contributed by atoms with Gasteiger partial charge in [0, 0.05) is 20.2 Å². The highest BCUT2D eigenvalue weighted by Gasteiger charge is 1.91. The molecule has 0 unspecified atom stereocenters. The molecule has 0 spiro atoms. The number of carbonyl (C=O) groups is 1. The molecule has 0 aliphatic carbocycles. The van der Waals surface area contributed by atoms with Crippen LogP contribution in [0.1, 0.15) is 6.42 Å². The summed E-state index contributed by atoms with van der Waals surface area (Å²) < 4.78 is 0. The fraction of sp³-hybridized carbons (Fsp3) is 0.800. The highest BCUT2D eigenvalue weighted by Crippen LogP contribution is 1.70. The van der Waals surface area contributed by atoms with Crippen molar-refractivity contribution in [1.29, 1.82) is 0 Å². The molecule has 54 valence electrons. The molecule has 0 saturated heterocycles. The van der Waals surface area contributed by atoms with Crippen LogP contribution in [0.2, 0.25) is 0 Å². The average Bonchev–Trinajstić information content (AvgIpc) is 1.89. The molecule has 0 aliphatic rings. The summed E-state index contributed by atoms with van der Waals surface area (Å²) in [5, 5.41) is 13.2. The van der Waals surface area contributed by atoms with Crippen LogP contribution >= 0.6 is 0 Å². The average molecular weight is 132 g/mol. The van der Waals surface area contributed by atoms with Gasteiger partial charge in [-0.2, -0.15) is 0 Å². The lowest BCUT2D eigenvalue weighted by molar-refractivity contribution is 0.240. The van der Waals surface area contributed by atoms with Crippen molar-refractivity contribution in [3.05, 3.63) is 0 Å². The maximum absolute atomic E-state index is 10.4. The van der Waals surface area contributed by atoms with Crippen molar-refractivity contribution in [3.63, 3.8) is 0 Å². The number of nitrogens with one attached hydrogen (secondary N) is 2. The van der Waals surface area contributed by atoms with Crippen LogP contribution in [0.4, 0.5) is 4.79 Å². The van der Waals surface area contributed by atoms with E-state index >= 15 is 0 Å². The molecule has 0 aliphatic heterocycles. The Hall–Kier alpha value is -0.770. The number of hydrogen-bond donors (Lipinski definition) is 3. The van der Waals surface area contributed by atoms with Gasteiger partial charge in [0.15, 0.2) is 0 Å². The van der Waals surface area contributed by atoms with E-state index in [0.717, 1.165) is 0 Å². The first kappa shape index (κ1) is 8.23. The van der Waals surface area contributed by atoms with Crippen molar-refractivity contribution in [2.75, 3.05) is 20.2 Å². The molecule has 3 N–H and O–H groups in total. The predicted octanol–water partition coefficient (Wildman–Crippen LogP) is -0.702. The molecule has 0 aromatic rings. The summed E-state index contributed by atoms with van der Waals surface area (Å²) in [6.45, 7) is 0.639. The van der Waals surface area contributed by atoms with E-state index in [2.05, 4.69) is 10.6 Å². The highest BCUT2D eigenvalue weighted by atomic mass is 16.3. The Labute approximate surface area is 54.3 Å². The fourth-order valence-electron chi connectivity index (χ4n) is 0.369. The summed E-state index contributed by atoms with van der Waals surface area (Å²) in [7, 11) is 1.55. The molecule has 0 aromatic carbocycles. The molecule has 0 rings (SSSR count). The molecule has 9 heavy (non-hydrogen) atoms. The summed E-state index contributed by atoms with van der Waals surface area (Å²) in [5.41, 5.74) is 0. The van der Waals surface area contributed by atoms with Crippen LogP contribution in [0.5, 0.6) is 0 Å². The minimum Gasteiger partial charge on any atom is -0.396 e. The molecular formula is C5H12N2O2. The molecule has 0 heterocycles. The van der Waals surface area contributed by atoms with Crippen molar-refractivity contribution in [2.24, 2.45) is 0 Å². The first-order valence-electron chi connectivity index (χ1n) is 2.87. The van der Waals surface area contributed by atoms with Crippen molar-refractivity contribution in [3.8, 4) is 0 Å². The van der Waals surface area contributed by atoms with Gasteiger partial charge in [0.25, 0.3) is 0 Å². The fourth-order valence-corrected chi connectivity index (χ4v) is 0.369. The minimum atomic E-state index is -0.205. The number of hydrogen-bond acceptors (Lipinski definition) is 2. The second-order valence-electron chi connectivity index (χ2n) is 1.58. The van der Waals surface area contributed by atoms with Gasteiger partial charge in [-0.1, -0.05) is 0 Å². The molecule has 0 aromatic heterocycles. The van der Waals surface area contributed by atoms with Gasteiger partial charge in [-0.15, -0.1) is 0 Å². The Morgan fingerprint density at radius 3 is 2.78 bits per heavy atom. The van der Waals surface area contributed by atoms with Crippen molar-refractivity contribution in [1.82, 2.24) is 10.6 Å². The Morgan fingerprint density at radius 1 is 1.67 bits per heavy atom. The van der Waals surface area contributed by atoms with E-state index in [1.54, 1.807) is 7.05 Å². The molecule has 0 fully saturated rings. The SMILES string of the molecule is CNC(=O)NCCCO. The Bertz CT molecular complexity index is 85.0. The summed E-state index contributed by atoms with van der Waals surface area (Å²) in [6.07, 6.45) is 0.605. The second kappa shape index (κ2) is 5.37. The summed E-state index contributed by atoms with van der Waals surface area (Å²) >= 11 is 0. The van der Waals surface area contributed by atoms with Gasteiger partial charge in [0.1, 0.15) is 0 Å². The highest BCUT2D eigenvalue weighted by molar-refractivity contribution is 5.73. The number of carbonyl (C=O) groups excluding carboxylic acids is 1. The van der Waals surface area contributed by atoms with E-state index in [4.69, 9.17) is 5.11 Å². The number of amides is 2. The molecular weight excluding hydrogens is 120 g/mol. The van der Waals surface area contributed by atoms with Crippen LogP contribution in [0, 0.1) is 0 Å². The third-order valence-electron chi connectivity index (χ3n) is 0.848. The maximum atomic E-state index is 10.4. The smallest absolute Gasteiger partial charge is 0.314 e. The monoisotopic (exact) mass is 132 g/mol. The third kappa shape index (κ3) is 5.10. The standard InChI is InChI=1S/C5H12N2O2/c1-6-5(9)7-3-2-4-8/h8H,2-4H2,1H3,(H2,6,7,9). The molecule has 2 amide bonds. The van der Waals surface area contributed by atoms with Crippen LogP contribution in [-0.4, -0.2) is 31.3 Å². The van der Waals surface area contributed by atoms with Crippen LogP contribution in [0.25, 0.3) is 0 Å². The zero-order valence-electron chi connectivity index (χ0n) is 5.48. The van der Waals surface area contributed by atoms with Gasteiger partial charge >= 0.3 is 6.03 Å². The molecule has 0 atom stereocenters. The van der Waals surface area contributed by atoms with E-state index in [1.807, 2.05) is 0 Å². The summed E-state index contributed by atoms with van der Waals surface area (Å²) in [5.74, 6) is 0. The van der Waals surface area contributed by atoms with Crippen molar-refractivity contribution < 1.29 is 9.90 Å². The van der Waals surface area contributed by atoms with Crippen LogP contribution in [-0.2, 0) is 0 Å². The van der Waals surface area contributed by atoms with E-state index < -0.39 is 0 Å². The topological polar surface area (TPSA) is 61.4 Å². The summed E-state index contributed by atoms with van der Waals surface area (Å²) in [6, 6.07) is -0.205. The Balaban J connectivity index is 2.97. The van der Waals surface area contributed by atoms with Crippen LogP contribution in [0.15, 0.2) is 0 Å². The van der Waals surface area contributed by atoms with Gasteiger partial charge in [-0.05, 0) is 6.42 Å². The quantitative estimate of drug-likeness (QED) is 0.444. The number of aliphatic hydroxyl groups excluding tert-OH is 1. The van der Waals surface area contributed by atoms with Gasteiger partial charge in [-0.3, -0.25) is 0 Å². The molecule has 0 radical (unpaired) electrons. The first-order valence-corrected chi connectivity index (χ1v) is 2.87. The van der Waals surface area contributed by atoms with Crippen LogP contribution in [0.3, 0.4) is 0 Å². The van der Waals surface area contributed by atoms with Gasteiger partial charge < -0.3 is 15.7 Å². The molecule has 4 nitrogen and oxygen atoms in total. The Morgan fingerprint density at radius 2 is 2.33 bits per heavy atom. The van der Waals surface area contributed by atoms with E-state index in [0.29, 0.717) is 13.0 Å². The zero-order valence-corrected chi connectivity index (χ0v) is 5.48. The zero-order chi connectivity index (χ0) is 7.11. The lowest BCUT2D eigenvalue weighted by Crippen LogP contribution is -2.33. The Kier molecular flexibility index (Phi) is 4.91. The van der Waals surface area contributed by atoms with Crippen LogP contribution < -0.4 is 10.6 Å². The number of urea groups is 1.